The number of carbonyl (C=O) groups excluding carboxylic acids is 1. The molecule has 5 heteroatoms. The Hall–Kier alpha value is -3.24. The van der Waals surface area contributed by atoms with Gasteiger partial charge in [-0.1, -0.05) is 66.2 Å². The summed E-state index contributed by atoms with van der Waals surface area (Å²) in [7, 11) is 1.60. The molecule has 0 radical (unpaired) electrons. The van der Waals surface area contributed by atoms with E-state index in [1.807, 2.05) is 66.7 Å². The van der Waals surface area contributed by atoms with E-state index in [4.69, 9.17) is 16.3 Å². The number of ether oxygens (including phenoxy) is 1. The van der Waals surface area contributed by atoms with Gasteiger partial charge in [0.2, 0.25) is 0 Å². The zero-order valence-electron chi connectivity index (χ0n) is 15.9. The summed E-state index contributed by atoms with van der Waals surface area (Å²) in [6.45, 7) is 0.386. The van der Waals surface area contributed by atoms with Crippen LogP contribution in [0.3, 0.4) is 0 Å². The normalized spacial score (nSPS) is 16.4. The predicted molar refractivity (Wildman–Crippen MR) is 114 cm³/mol. The summed E-state index contributed by atoms with van der Waals surface area (Å²) < 4.78 is 5.23. The fraction of sp³-hybridized carbons (Fsp3) is 0.125. The molecule has 1 amide bonds. The van der Waals surface area contributed by atoms with Gasteiger partial charge in [0.1, 0.15) is 5.75 Å². The lowest BCUT2D eigenvalue weighted by atomic mass is 9.93. The number of carbonyl (C=O) groups is 1. The third kappa shape index (κ3) is 3.71. The number of hydrogen-bond acceptors (Lipinski definition) is 3. The molecule has 0 aromatic heterocycles. The number of hydrogen-bond donors (Lipinski definition) is 1. The van der Waals surface area contributed by atoms with Gasteiger partial charge in [-0.2, -0.15) is 0 Å². The van der Waals surface area contributed by atoms with E-state index in [-0.39, 0.29) is 11.7 Å². The van der Waals surface area contributed by atoms with E-state index >= 15 is 0 Å². The standard InChI is InChI=1S/C24H20ClNO3/c1-29-20-13-9-17(10-14-20)21-22(18-7-11-19(25)12-8-18)26(24(28)23(21)27)15-16-5-3-2-4-6-16/h2-14,22,27H,15H2,1H3/t22-/m0/s1. The lowest BCUT2D eigenvalue weighted by Crippen LogP contribution is -2.29. The average molecular weight is 406 g/mol. The Balaban J connectivity index is 1.80. The van der Waals surface area contributed by atoms with Crippen molar-refractivity contribution in [3.63, 3.8) is 0 Å². The summed E-state index contributed by atoms with van der Waals surface area (Å²) >= 11 is 6.07. The molecule has 0 unspecified atom stereocenters. The highest BCUT2D eigenvalue weighted by atomic mass is 35.5. The summed E-state index contributed by atoms with van der Waals surface area (Å²) in [5, 5.41) is 11.4. The van der Waals surface area contributed by atoms with Crippen LogP contribution in [0.1, 0.15) is 22.7 Å². The lowest BCUT2D eigenvalue weighted by molar-refractivity contribution is -0.130. The molecule has 0 aliphatic carbocycles. The van der Waals surface area contributed by atoms with Gasteiger partial charge in [-0.3, -0.25) is 4.79 Å². The second kappa shape index (κ2) is 8.02. The van der Waals surface area contributed by atoms with E-state index in [1.54, 1.807) is 24.1 Å². The summed E-state index contributed by atoms with van der Waals surface area (Å²) in [6.07, 6.45) is 0. The van der Waals surface area contributed by atoms with Gasteiger partial charge in [0.15, 0.2) is 5.76 Å². The Bertz CT molecular complexity index is 1040. The first-order chi connectivity index (χ1) is 14.1. The number of nitrogens with zero attached hydrogens (tertiary/aromatic N) is 1. The van der Waals surface area contributed by atoms with Crippen LogP contribution in [0.4, 0.5) is 0 Å². The summed E-state index contributed by atoms with van der Waals surface area (Å²) in [4.78, 5) is 14.7. The molecule has 1 aliphatic heterocycles. The van der Waals surface area contributed by atoms with E-state index in [2.05, 4.69) is 0 Å². The Morgan fingerprint density at radius 1 is 0.966 bits per heavy atom. The molecule has 0 bridgehead atoms. The zero-order valence-corrected chi connectivity index (χ0v) is 16.6. The molecule has 0 fully saturated rings. The van der Waals surface area contributed by atoms with Crippen molar-refractivity contribution in [3.05, 3.63) is 106 Å². The maximum atomic E-state index is 13.0. The number of methoxy groups -OCH3 is 1. The Morgan fingerprint density at radius 3 is 2.24 bits per heavy atom. The van der Waals surface area contributed by atoms with Crippen LogP contribution in [0.2, 0.25) is 5.02 Å². The zero-order chi connectivity index (χ0) is 20.4. The molecule has 1 aliphatic rings. The van der Waals surface area contributed by atoms with Crippen LogP contribution < -0.4 is 4.74 Å². The Labute approximate surface area is 174 Å². The molecule has 4 nitrogen and oxygen atoms in total. The third-order valence-electron chi connectivity index (χ3n) is 5.09. The van der Waals surface area contributed by atoms with Crippen LogP contribution in [0, 0.1) is 0 Å². The Morgan fingerprint density at radius 2 is 1.62 bits per heavy atom. The van der Waals surface area contributed by atoms with Crippen LogP contribution in [0.25, 0.3) is 5.57 Å². The highest BCUT2D eigenvalue weighted by molar-refractivity contribution is 6.30. The highest BCUT2D eigenvalue weighted by Gasteiger charge is 2.40. The summed E-state index contributed by atoms with van der Waals surface area (Å²) in [6, 6.07) is 24.0. The van der Waals surface area contributed by atoms with Crippen LogP contribution in [0.15, 0.2) is 84.6 Å². The molecule has 1 heterocycles. The minimum absolute atomic E-state index is 0.231. The van der Waals surface area contributed by atoms with Crippen molar-refractivity contribution in [1.82, 2.24) is 4.90 Å². The molecule has 3 aromatic rings. The second-order valence-electron chi connectivity index (χ2n) is 6.86. The lowest BCUT2D eigenvalue weighted by Gasteiger charge is -2.27. The topological polar surface area (TPSA) is 49.8 Å². The minimum atomic E-state index is -0.423. The largest absolute Gasteiger partial charge is 0.503 e. The van der Waals surface area contributed by atoms with Gasteiger partial charge in [-0.05, 0) is 41.0 Å². The summed E-state index contributed by atoms with van der Waals surface area (Å²) in [5.41, 5.74) is 3.22. The molecular weight excluding hydrogens is 386 g/mol. The van der Waals surface area contributed by atoms with E-state index < -0.39 is 6.04 Å². The first kappa shape index (κ1) is 19.1. The molecule has 1 atom stereocenters. The molecule has 4 rings (SSSR count). The van der Waals surface area contributed by atoms with E-state index in [0.29, 0.717) is 22.9 Å². The van der Waals surface area contributed by atoms with Gasteiger partial charge in [-0.15, -0.1) is 0 Å². The fourth-order valence-corrected chi connectivity index (χ4v) is 3.78. The van der Waals surface area contributed by atoms with Crippen molar-refractivity contribution in [1.29, 1.82) is 0 Å². The van der Waals surface area contributed by atoms with Crippen molar-refractivity contribution < 1.29 is 14.6 Å². The molecule has 0 spiro atoms. The molecule has 146 valence electrons. The maximum Gasteiger partial charge on any atom is 0.290 e. The minimum Gasteiger partial charge on any atom is -0.503 e. The van der Waals surface area contributed by atoms with E-state index in [1.165, 1.54) is 0 Å². The number of rotatable bonds is 5. The van der Waals surface area contributed by atoms with Crippen molar-refractivity contribution in [2.75, 3.05) is 7.11 Å². The molecule has 29 heavy (non-hydrogen) atoms. The SMILES string of the molecule is COc1ccc(C2=C(O)C(=O)N(Cc3ccccc3)[C@H]2c2ccc(Cl)cc2)cc1. The van der Waals surface area contributed by atoms with E-state index in [9.17, 15) is 9.90 Å². The Kier molecular flexibility index (Phi) is 5.28. The van der Waals surface area contributed by atoms with Gasteiger partial charge in [-0.25, -0.2) is 0 Å². The monoisotopic (exact) mass is 405 g/mol. The predicted octanol–water partition coefficient (Wildman–Crippen LogP) is 5.40. The van der Waals surface area contributed by atoms with Gasteiger partial charge in [0.05, 0.1) is 13.2 Å². The van der Waals surface area contributed by atoms with Gasteiger partial charge < -0.3 is 14.7 Å². The van der Waals surface area contributed by atoms with Gasteiger partial charge in [0, 0.05) is 17.1 Å². The van der Waals surface area contributed by atoms with Gasteiger partial charge >= 0.3 is 0 Å². The molecular formula is C24H20ClNO3. The van der Waals surface area contributed by atoms with Crippen LogP contribution in [0.5, 0.6) is 5.75 Å². The molecule has 0 saturated heterocycles. The summed E-state index contributed by atoms with van der Waals surface area (Å²) in [5.74, 6) is 0.0908. The number of benzene rings is 3. The first-order valence-corrected chi connectivity index (χ1v) is 9.64. The average Bonchev–Trinajstić information content (AvgIpc) is 3.00. The number of halogens is 1. The maximum absolute atomic E-state index is 13.0. The van der Waals surface area contributed by atoms with Crippen molar-refractivity contribution in [2.45, 2.75) is 12.6 Å². The third-order valence-corrected chi connectivity index (χ3v) is 5.34. The van der Waals surface area contributed by atoms with E-state index in [0.717, 1.165) is 16.7 Å². The molecule has 1 N–H and O–H groups in total. The van der Waals surface area contributed by atoms with Crippen molar-refractivity contribution in [2.24, 2.45) is 0 Å². The van der Waals surface area contributed by atoms with Crippen LogP contribution >= 0.6 is 11.6 Å². The van der Waals surface area contributed by atoms with Crippen LogP contribution in [-0.4, -0.2) is 23.0 Å². The fourth-order valence-electron chi connectivity index (χ4n) is 3.65. The quantitative estimate of drug-likeness (QED) is 0.618. The molecule has 0 saturated carbocycles. The van der Waals surface area contributed by atoms with Gasteiger partial charge in [0.25, 0.3) is 5.91 Å². The molecule has 3 aromatic carbocycles. The highest BCUT2D eigenvalue weighted by Crippen LogP contribution is 2.44. The number of amides is 1. The number of aliphatic hydroxyl groups is 1. The first-order valence-electron chi connectivity index (χ1n) is 9.26. The number of aliphatic hydroxyl groups excluding tert-OH is 1. The van der Waals surface area contributed by atoms with Crippen molar-refractivity contribution in [3.8, 4) is 5.75 Å². The van der Waals surface area contributed by atoms with Crippen LogP contribution in [-0.2, 0) is 11.3 Å². The van der Waals surface area contributed by atoms with Crippen molar-refractivity contribution >= 4 is 23.1 Å². The second-order valence-corrected chi connectivity index (χ2v) is 7.30. The smallest absolute Gasteiger partial charge is 0.290 e.